The minimum Gasteiger partial charge on any atom is -0.489 e. The summed E-state index contributed by atoms with van der Waals surface area (Å²) in [7, 11) is 0. The molecule has 0 aliphatic carbocycles. The molecule has 31 heavy (non-hydrogen) atoms. The van der Waals surface area contributed by atoms with Gasteiger partial charge in [-0.15, -0.1) is 0 Å². The Morgan fingerprint density at radius 2 is 2.00 bits per heavy atom. The molecule has 1 N–H and O–H groups in total. The zero-order valence-corrected chi connectivity index (χ0v) is 17.9. The molecule has 0 aliphatic rings. The Bertz CT molecular complexity index is 1220. The van der Waals surface area contributed by atoms with E-state index in [1.54, 1.807) is 41.9 Å². The number of carbonyl (C=O) groups excluding carboxylic acids is 1. The molecule has 4 rings (SSSR count). The van der Waals surface area contributed by atoms with E-state index in [-0.39, 0.29) is 12.3 Å². The number of nitrogens with one attached hydrogen (secondary N) is 1. The lowest BCUT2D eigenvalue weighted by atomic mass is 10.1. The number of aryl methyl sites for hydroxylation is 2. The molecule has 1 amide bonds. The van der Waals surface area contributed by atoms with Crippen molar-refractivity contribution >= 4 is 23.3 Å². The van der Waals surface area contributed by atoms with E-state index in [0.29, 0.717) is 34.5 Å². The molecule has 8 heteroatoms. The summed E-state index contributed by atoms with van der Waals surface area (Å²) < 4.78 is 12.7. The van der Waals surface area contributed by atoms with Gasteiger partial charge >= 0.3 is 0 Å². The predicted molar refractivity (Wildman–Crippen MR) is 117 cm³/mol. The first-order valence-electron chi connectivity index (χ1n) is 9.72. The molecule has 0 bridgehead atoms. The number of halogens is 1. The van der Waals surface area contributed by atoms with Gasteiger partial charge in [0.1, 0.15) is 18.1 Å². The highest BCUT2D eigenvalue weighted by Crippen LogP contribution is 2.21. The molecular formula is C23H21ClN4O3. The standard InChI is InChI=1S/C23H21ClN4O3/c1-15-6-3-4-7-17(15)13-28-11-10-21(26-28)25-23(29)22-20(16(2)31-27-22)14-30-19-9-5-8-18(24)12-19/h3-12H,13-14H2,1-2H3,(H,25,26,29). The van der Waals surface area contributed by atoms with Crippen molar-refractivity contribution in [1.82, 2.24) is 14.9 Å². The number of hydrogen-bond donors (Lipinski definition) is 1. The monoisotopic (exact) mass is 436 g/mol. The third kappa shape index (κ3) is 4.95. The minimum atomic E-state index is -0.414. The van der Waals surface area contributed by atoms with Crippen molar-refractivity contribution in [3.05, 3.63) is 94.0 Å². The largest absolute Gasteiger partial charge is 0.489 e. The maximum absolute atomic E-state index is 12.8. The zero-order chi connectivity index (χ0) is 21.8. The Labute approximate surface area is 184 Å². The number of amides is 1. The lowest BCUT2D eigenvalue weighted by Gasteiger charge is -2.07. The number of benzene rings is 2. The van der Waals surface area contributed by atoms with E-state index < -0.39 is 5.91 Å². The first kappa shape index (κ1) is 20.7. The SMILES string of the molecule is Cc1ccccc1Cn1ccc(NC(=O)c2noc(C)c2COc2cccc(Cl)c2)n1. The lowest BCUT2D eigenvalue weighted by molar-refractivity contribution is 0.101. The summed E-state index contributed by atoms with van der Waals surface area (Å²) >= 11 is 5.99. The molecule has 158 valence electrons. The molecule has 0 atom stereocenters. The third-order valence-corrected chi connectivity index (χ3v) is 5.09. The van der Waals surface area contributed by atoms with Crippen molar-refractivity contribution in [1.29, 1.82) is 0 Å². The average molecular weight is 437 g/mol. The number of anilines is 1. The maximum Gasteiger partial charge on any atom is 0.279 e. The fourth-order valence-corrected chi connectivity index (χ4v) is 3.29. The smallest absolute Gasteiger partial charge is 0.279 e. The van der Waals surface area contributed by atoms with Crippen LogP contribution in [0.3, 0.4) is 0 Å². The summed E-state index contributed by atoms with van der Waals surface area (Å²) in [6.45, 7) is 4.53. The average Bonchev–Trinajstić information content (AvgIpc) is 3.34. The van der Waals surface area contributed by atoms with Crippen molar-refractivity contribution in [2.24, 2.45) is 0 Å². The third-order valence-electron chi connectivity index (χ3n) is 4.85. The summed E-state index contributed by atoms with van der Waals surface area (Å²) in [4.78, 5) is 12.8. The molecule has 2 heterocycles. The molecule has 0 spiro atoms. The summed E-state index contributed by atoms with van der Waals surface area (Å²) in [6.07, 6.45) is 1.82. The molecule has 0 saturated carbocycles. The molecule has 0 unspecified atom stereocenters. The predicted octanol–water partition coefficient (Wildman–Crippen LogP) is 5.02. The Morgan fingerprint density at radius 1 is 1.16 bits per heavy atom. The van der Waals surface area contributed by atoms with Crippen LogP contribution in [0.25, 0.3) is 0 Å². The molecule has 0 radical (unpaired) electrons. The van der Waals surface area contributed by atoms with Gasteiger partial charge < -0.3 is 14.6 Å². The molecular weight excluding hydrogens is 416 g/mol. The highest BCUT2D eigenvalue weighted by molar-refractivity contribution is 6.30. The summed E-state index contributed by atoms with van der Waals surface area (Å²) in [5.41, 5.74) is 3.08. The van der Waals surface area contributed by atoms with E-state index in [1.165, 1.54) is 5.56 Å². The van der Waals surface area contributed by atoms with Gasteiger partial charge in [0.05, 0.1) is 12.1 Å². The van der Waals surface area contributed by atoms with Gasteiger partial charge in [0, 0.05) is 17.3 Å². The van der Waals surface area contributed by atoms with Gasteiger partial charge in [0.25, 0.3) is 5.91 Å². The fraction of sp³-hybridized carbons (Fsp3) is 0.174. The zero-order valence-electron chi connectivity index (χ0n) is 17.1. The van der Waals surface area contributed by atoms with Crippen molar-refractivity contribution < 1.29 is 14.1 Å². The first-order chi connectivity index (χ1) is 15.0. The van der Waals surface area contributed by atoms with Crippen LogP contribution in [0.5, 0.6) is 5.75 Å². The second-order valence-corrected chi connectivity index (χ2v) is 7.53. The molecule has 2 aromatic carbocycles. The molecule has 2 aromatic heterocycles. The van der Waals surface area contributed by atoms with Crippen LogP contribution < -0.4 is 10.1 Å². The van der Waals surface area contributed by atoms with Crippen molar-refractivity contribution in [2.75, 3.05) is 5.32 Å². The summed E-state index contributed by atoms with van der Waals surface area (Å²) in [6, 6.07) is 16.9. The van der Waals surface area contributed by atoms with Gasteiger partial charge in [-0.3, -0.25) is 9.48 Å². The van der Waals surface area contributed by atoms with Gasteiger partial charge in [-0.1, -0.05) is 47.1 Å². The van der Waals surface area contributed by atoms with Crippen LogP contribution in [0.4, 0.5) is 5.82 Å². The molecule has 0 aliphatic heterocycles. The van der Waals surface area contributed by atoms with Gasteiger partial charge in [0.2, 0.25) is 0 Å². The molecule has 4 aromatic rings. The van der Waals surface area contributed by atoms with Crippen LogP contribution in [0, 0.1) is 13.8 Å². The molecule has 7 nitrogen and oxygen atoms in total. The molecule has 0 saturated heterocycles. The van der Waals surface area contributed by atoms with Gasteiger partial charge in [-0.2, -0.15) is 5.10 Å². The van der Waals surface area contributed by atoms with Crippen molar-refractivity contribution in [3.63, 3.8) is 0 Å². The van der Waals surface area contributed by atoms with E-state index in [1.807, 2.05) is 18.3 Å². The van der Waals surface area contributed by atoms with Crippen LogP contribution in [0.2, 0.25) is 5.02 Å². The van der Waals surface area contributed by atoms with Crippen LogP contribution in [-0.4, -0.2) is 20.8 Å². The Morgan fingerprint density at radius 3 is 2.81 bits per heavy atom. The number of ether oxygens (including phenoxy) is 1. The normalized spacial score (nSPS) is 10.8. The number of hydrogen-bond acceptors (Lipinski definition) is 5. The Hall–Kier alpha value is -3.58. The number of carbonyl (C=O) groups is 1. The lowest BCUT2D eigenvalue weighted by Crippen LogP contribution is -2.16. The van der Waals surface area contributed by atoms with E-state index in [0.717, 1.165) is 5.56 Å². The summed E-state index contributed by atoms with van der Waals surface area (Å²) in [5.74, 6) is 1.12. The van der Waals surface area contributed by atoms with Crippen LogP contribution >= 0.6 is 11.6 Å². The topological polar surface area (TPSA) is 82.2 Å². The Kier molecular flexibility index (Phi) is 6.04. The minimum absolute atomic E-state index is 0.125. The van der Waals surface area contributed by atoms with Gasteiger partial charge in [0.15, 0.2) is 11.5 Å². The quantitative estimate of drug-likeness (QED) is 0.439. The fourth-order valence-electron chi connectivity index (χ4n) is 3.11. The van der Waals surface area contributed by atoms with Crippen molar-refractivity contribution in [3.8, 4) is 5.75 Å². The molecule has 0 fully saturated rings. The van der Waals surface area contributed by atoms with E-state index in [9.17, 15) is 4.79 Å². The summed E-state index contributed by atoms with van der Waals surface area (Å²) in [5, 5.41) is 11.7. The van der Waals surface area contributed by atoms with E-state index in [2.05, 4.69) is 34.6 Å². The van der Waals surface area contributed by atoms with E-state index >= 15 is 0 Å². The number of aromatic nitrogens is 3. The van der Waals surface area contributed by atoms with Gasteiger partial charge in [-0.05, 0) is 43.2 Å². The van der Waals surface area contributed by atoms with Crippen LogP contribution in [0.15, 0.2) is 65.3 Å². The van der Waals surface area contributed by atoms with Gasteiger partial charge in [-0.25, -0.2) is 0 Å². The highest BCUT2D eigenvalue weighted by atomic mass is 35.5. The first-order valence-corrected chi connectivity index (χ1v) is 10.1. The van der Waals surface area contributed by atoms with Crippen molar-refractivity contribution in [2.45, 2.75) is 27.0 Å². The number of rotatable bonds is 7. The number of nitrogens with zero attached hydrogens (tertiary/aromatic N) is 3. The Balaban J connectivity index is 1.43. The highest BCUT2D eigenvalue weighted by Gasteiger charge is 2.21. The second kappa shape index (κ2) is 9.06. The van der Waals surface area contributed by atoms with Crippen LogP contribution in [0.1, 0.15) is 32.9 Å². The van der Waals surface area contributed by atoms with Crippen LogP contribution in [-0.2, 0) is 13.2 Å². The maximum atomic E-state index is 12.8. The van der Waals surface area contributed by atoms with E-state index in [4.69, 9.17) is 20.9 Å². The second-order valence-electron chi connectivity index (χ2n) is 7.09.